The highest BCUT2D eigenvalue weighted by Gasteiger charge is 2.17. The van der Waals surface area contributed by atoms with Crippen LogP contribution in [0.5, 0.6) is 0 Å². The van der Waals surface area contributed by atoms with Crippen molar-refractivity contribution < 1.29 is 14.1 Å². The zero-order valence-electron chi connectivity index (χ0n) is 8.98. The SMILES string of the molecule is COC(=O)c1ccc(N)c(P(C)(C)=O)c1. The summed E-state index contributed by atoms with van der Waals surface area (Å²) in [5.74, 6) is -0.454. The first-order chi connectivity index (χ1) is 6.86. The van der Waals surface area contributed by atoms with Crippen LogP contribution in [0.3, 0.4) is 0 Å². The van der Waals surface area contributed by atoms with Crippen LogP contribution in [0.15, 0.2) is 18.2 Å². The summed E-state index contributed by atoms with van der Waals surface area (Å²) in [4.78, 5) is 11.3. The van der Waals surface area contributed by atoms with E-state index in [1.807, 2.05) is 0 Å². The zero-order chi connectivity index (χ0) is 11.6. The average molecular weight is 227 g/mol. The molecular weight excluding hydrogens is 213 g/mol. The fraction of sp³-hybridized carbons (Fsp3) is 0.300. The van der Waals surface area contributed by atoms with Crippen molar-refractivity contribution in [1.82, 2.24) is 0 Å². The molecule has 1 aromatic carbocycles. The number of carbonyl (C=O) groups is 1. The molecule has 2 N–H and O–H groups in total. The Balaban J connectivity index is 3.29. The Morgan fingerprint density at radius 2 is 2.00 bits per heavy atom. The van der Waals surface area contributed by atoms with Gasteiger partial charge in [-0.1, -0.05) is 0 Å². The van der Waals surface area contributed by atoms with Crippen molar-refractivity contribution in [2.24, 2.45) is 0 Å². The standard InChI is InChI=1S/C10H14NO3P/c1-14-10(12)7-4-5-8(11)9(6-7)15(2,3)13/h4-6H,11H2,1-3H3. The van der Waals surface area contributed by atoms with Gasteiger partial charge in [-0.2, -0.15) is 0 Å². The molecule has 0 bridgehead atoms. The van der Waals surface area contributed by atoms with Crippen LogP contribution in [0, 0.1) is 0 Å². The van der Waals surface area contributed by atoms with Crippen LogP contribution in [-0.2, 0) is 9.30 Å². The third-order valence-electron chi connectivity index (χ3n) is 2.03. The number of anilines is 1. The monoisotopic (exact) mass is 227 g/mol. The molecule has 0 aliphatic carbocycles. The Morgan fingerprint density at radius 3 is 2.47 bits per heavy atom. The molecule has 0 atom stereocenters. The van der Waals surface area contributed by atoms with E-state index in [-0.39, 0.29) is 0 Å². The Morgan fingerprint density at radius 1 is 1.40 bits per heavy atom. The molecule has 0 saturated carbocycles. The lowest BCUT2D eigenvalue weighted by molar-refractivity contribution is 0.0601. The highest BCUT2D eigenvalue weighted by atomic mass is 31.2. The molecular formula is C10H14NO3P. The van der Waals surface area contributed by atoms with Crippen molar-refractivity contribution in [1.29, 1.82) is 0 Å². The summed E-state index contributed by atoms with van der Waals surface area (Å²) in [5.41, 5.74) is 6.50. The van der Waals surface area contributed by atoms with E-state index in [9.17, 15) is 9.36 Å². The molecule has 0 heterocycles. The normalized spacial score (nSPS) is 11.1. The van der Waals surface area contributed by atoms with Crippen molar-refractivity contribution in [3.8, 4) is 0 Å². The predicted molar refractivity (Wildman–Crippen MR) is 61.3 cm³/mol. The highest BCUT2D eigenvalue weighted by Crippen LogP contribution is 2.37. The number of nitrogens with two attached hydrogens (primary N) is 1. The van der Waals surface area contributed by atoms with Crippen molar-refractivity contribution >= 4 is 24.1 Å². The van der Waals surface area contributed by atoms with Crippen LogP contribution in [0.1, 0.15) is 10.4 Å². The van der Waals surface area contributed by atoms with Crippen LogP contribution in [0.2, 0.25) is 0 Å². The molecule has 0 aliphatic rings. The summed E-state index contributed by atoms with van der Waals surface area (Å²) in [6.07, 6.45) is 0. The maximum absolute atomic E-state index is 11.9. The minimum absolute atomic E-state index is 0.366. The smallest absolute Gasteiger partial charge is 0.337 e. The highest BCUT2D eigenvalue weighted by molar-refractivity contribution is 7.70. The van der Waals surface area contributed by atoms with Gasteiger partial charge in [0.15, 0.2) is 0 Å². The van der Waals surface area contributed by atoms with Gasteiger partial charge in [-0.25, -0.2) is 4.79 Å². The van der Waals surface area contributed by atoms with Crippen molar-refractivity contribution in [2.75, 3.05) is 26.2 Å². The van der Waals surface area contributed by atoms with Gasteiger partial charge in [0, 0.05) is 11.0 Å². The van der Waals surface area contributed by atoms with E-state index < -0.39 is 13.1 Å². The van der Waals surface area contributed by atoms with Gasteiger partial charge < -0.3 is 15.0 Å². The molecule has 15 heavy (non-hydrogen) atoms. The lowest BCUT2D eigenvalue weighted by atomic mass is 10.2. The maximum Gasteiger partial charge on any atom is 0.337 e. The molecule has 4 nitrogen and oxygen atoms in total. The molecule has 1 rings (SSSR count). The number of ether oxygens (including phenoxy) is 1. The third kappa shape index (κ3) is 2.60. The number of methoxy groups -OCH3 is 1. The first-order valence-corrected chi connectivity index (χ1v) is 7.00. The van der Waals surface area contributed by atoms with Crippen LogP contribution >= 0.6 is 7.14 Å². The number of nitrogen functional groups attached to an aromatic ring is 1. The van der Waals surface area contributed by atoms with Gasteiger partial charge >= 0.3 is 5.97 Å². The first kappa shape index (κ1) is 11.8. The Labute approximate surface area is 88.8 Å². The molecule has 0 saturated heterocycles. The quantitative estimate of drug-likeness (QED) is 0.469. The van der Waals surface area contributed by atoms with E-state index in [4.69, 9.17) is 5.73 Å². The van der Waals surface area contributed by atoms with Crippen molar-refractivity contribution in [3.63, 3.8) is 0 Å². The summed E-state index contributed by atoms with van der Waals surface area (Å²) in [6, 6.07) is 4.66. The second-order valence-electron chi connectivity index (χ2n) is 3.62. The topological polar surface area (TPSA) is 69.4 Å². The molecule has 0 spiro atoms. The molecule has 1 aromatic rings. The van der Waals surface area contributed by atoms with Gasteiger partial charge in [0.2, 0.25) is 0 Å². The van der Waals surface area contributed by atoms with E-state index in [1.165, 1.54) is 13.2 Å². The van der Waals surface area contributed by atoms with Gasteiger partial charge in [0.1, 0.15) is 7.14 Å². The van der Waals surface area contributed by atoms with E-state index in [2.05, 4.69) is 4.74 Å². The molecule has 0 amide bonds. The predicted octanol–water partition coefficient (Wildman–Crippen LogP) is 1.30. The third-order valence-corrected chi connectivity index (χ3v) is 3.58. The summed E-state index contributed by atoms with van der Waals surface area (Å²) >= 11 is 0. The van der Waals surface area contributed by atoms with Gasteiger partial charge in [0.25, 0.3) is 0 Å². The molecule has 0 fully saturated rings. The zero-order valence-corrected chi connectivity index (χ0v) is 9.88. The lowest BCUT2D eigenvalue weighted by Gasteiger charge is -2.11. The summed E-state index contributed by atoms with van der Waals surface area (Å²) in [5, 5.41) is 0.519. The van der Waals surface area contributed by atoms with E-state index >= 15 is 0 Å². The number of hydrogen-bond acceptors (Lipinski definition) is 4. The van der Waals surface area contributed by atoms with Crippen molar-refractivity contribution in [3.05, 3.63) is 23.8 Å². The van der Waals surface area contributed by atoms with Gasteiger partial charge in [-0.05, 0) is 31.5 Å². The Bertz CT molecular complexity index is 436. The van der Waals surface area contributed by atoms with E-state index in [0.29, 0.717) is 16.6 Å². The molecule has 5 heteroatoms. The number of carbonyl (C=O) groups excluding carboxylic acids is 1. The van der Waals surface area contributed by atoms with Gasteiger partial charge in [-0.15, -0.1) is 0 Å². The molecule has 0 aliphatic heterocycles. The Kier molecular flexibility index (Phi) is 3.20. The van der Waals surface area contributed by atoms with E-state index in [1.54, 1.807) is 25.5 Å². The number of benzene rings is 1. The summed E-state index contributed by atoms with van der Waals surface area (Å²) in [6.45, 7) is 3.22. The maximum atomic E-state index is 11.9. The minimum Gasteiger partial charge on any atom is -0.465 e. The second kappa shape index (κ2) is 4.07. The summed E-state index contributed by atoms with van der Waals surface area (Å²) in [7, 11) is -1.16. The van der Waals surface area contributed by atoms with Crippen LogP contribution < -0.4 is 11.0 Å². The van der Waals surface area contributed by atoms with Crippen LogP contribution in [0.4, 0.5) is 5.69 Å². The second-order valence-corrected chi connectivity index (χ2v) is 6.80. The lowest BCUT2D eigenvalue weighted by Crippen LogP contribution is -2.13. The molecule has 82 valence electrons. The fourth-order valence-corrected chi connectivity index (χ4v) is 2.40. The van der Waals surface area contributed by atoms with Crippen LogP contribution in [0.25, 0.3) is 0 Å². The molecule has 0 aromatic heterocycles. The van der Waals surface area contributed by atoms with Crippen molar-refractivity contribution in [2.45, 2.75) is 0 Å². The Hall–Kier alpha value is -1.28. The van der Waals surface area contributed by atoms with E-state index in [0.717, 1.165) is 0 Å². The molecule has 0 unspecified atom stereocenters. The van der Waals surface area contributed by atoms with Gasteiger partial charge in [0.05, 0.1) is 12.7 Å². The number of hydrogen-bond donors (Lipinski definition) is 1. The summed E-state index contributed by atoms with van der Waals surface area (Å²) < 4.78 is 16.4. The average Bonchev–Trinajstić information content (AvgIpc) is 2.15. The largest absolute Gasteiger partial charge is 0.465 e. The van der Waals surface area contributed by atoms with Gasteiger partial charge in [-0.3, -0.25) is 0 Å². The minimum atomic E-state index is -2.47. The fourth-order valence-electron chi connectivity index (χ4n) is 1.25. The number of rotatable bonds is 2. The number of esters is 1. The van der Waals surface area contributed by atoms with Crippen LogP contribution in [-0.4, -0.2) is 26.4 Å². The molecule has 0 radical (unpaired) electrons. The first-order valence-electron chi connectivity index (χ1n) is 4.39.